The molecule has 3 rings (SSSR count). The van der Waals surface area contributed by atoms with E-state index in [1.165, 1.54) is 0 Å². The summed E-state index contributed by atoms with van der Waals surface area (Å²) in [6.45, 7) is 11.9. The molecule has 0 aromatic heterocycles. The second-order valence-corrected chi connectivity index (χ2v) is 11.6. The van der Waals surface area contributed by atoms with Gasteiger partial charge in [-0.1, -0.05) is 42.5 Å². The van der Waals surface area contributed by atoms with Crippen LogP contribution >= 0.6 is 0 Å². The number of ether oxygens (including phenoxy) is 4. The number of esters is 1. The van der Waals surface area contributed by atoms with E-state index < -0.39 is 41.0 Å². The van der Waals surface area contributed by atoms with Crippen LogP contribution in [0.4, 0.5) is 15.3 Å². The fourth-order valence-corrected chi connectivity index (χ4v) is 4.16. The minimum Gasteiger partial charge on any atom is -0.458 e. The van der Waals surface area contributed by atoms with E-state index in [0.717, 1.165) is 11.3 Å². The molecule has 1 saturated heterocycles. The first-order valence-corrected chi connectivity index (χ1v) is 13.4. The third-order valence-corrected chi connectivity index (χ3v) is 5.87. The van der Waals surface area contributed by atoms with Gasteiger partial charge in [0, 0.05) is 25.2 Å². The Balaban J connectivity index is 1.61. The zero-order chi connectivity index (χ0) is 29.4. The average Bonchev–Trinajstić information content (AvgIpc) is 3.29. The van der Waals surface area contributed by atoms with Gasteiger partial charge in [-0.2, -0.15) is 0 Å². The Labute approximate surface area is 236 Å². The van der Waals surface area contributed by atoms with Gasteiger partial charge in [0.1, 0.15) is 23.9 Å². The van der Waals surface area contributed by atoms with Crippen molar-refractivity contribution < 1.29 is 33.3 Å². The van der Waals surface area contributed by atoms with Crippen molar-refractivity contribution in [1.82, 2.24) is 10.6 Å². The van der Waals surface area contributed by atoms with Gasteiger partial charge in [0.2, 0.25) is 0 Å². The minimum atomic E-state index is -1.45. The fraction of sp³-hybridized carbons (Fsp3) is 0.500. The highest BCUT2D eigenvalue weighted by atomic mass is 16.6. The molecule has 10 nitrogen and oxygen atoms in total. The van der Waals surface area contributed by atoms with Crippen LogP contribution < -0.4 is 16.0 Å². The summed E-state index contributed by atoms with van der Waals surface area (Å²) in [7, 11) is 0. The van der Waals surface area contributed by atoms with Crippen LogP contribution in [0.1, 0.15) is 65.2 Å². The van der Waals surface area contributed by atoms with Crippen molar-refractivity contribution in [2.24, 2.45) is 0 Å². The molecule has 0 spiro atoms. The van der Waals surface area contributed by atoms with Crippen molar-refractivity contribution in [2.75, 3.05) is 25.0 Å². The predicted octanol–water partition coefficient (Wildman–Crippen LogP) is 5.09. The molecule has 1 aliphatic rings. The summed E-state index contributed by atoms with van der Waals surface area (Å²) in [5, 5.41) is 8.72. The second kappa shape index (κ2) is 13.0. The molecule has 3 N–H and O–H groups in total. The van der Waals surface area contributed by atoms with Gasteiger partial charge >= 0.3 is 18.2 Å². The van der Waals surface area contributed by atoms with Gasteiger partial charge in [-0.15, -0.1) is 0 Å². The molecule has 0 unspecified atom stereocenters. The topological polar surface area (TPSA) is 124 Å². The number of benzene rings is 2. The van der Waals surface area contributed by atoms with Crippen LogP contribution in [-0.2, 0) is 30.3 Å². The van der Waals surface area contributed by atoms with Gasteiger partial charge in [0.25, 0.3) is 0 Å². The SMILES string of the molecule is CC(C)(C)OC(=O)N[C@@]1(C(=O)OC(C)(C)C)CCO[C@@H]1c1ccc(NCCNC(=O)OCc2ccccc2)cc1. The zero-order valence-electron chi connectivity index (χ0n) is 24.2. The Kier molecular flexibility index (Phi) is 10.0. The normalized spacial score (nSPS) is 18.9. The molecule has 2 aromatic carbocycles. The van der Waals surface area contributed by atoms with Gasteiger partial charge in [0.05, 0.1) is 6.61 Å². The number of rotatable bonds is 9. The molecule has 0 aliphatic carbocycles. The van der Waals surface area contributed by atoms with Gasteiger partial charge in [-0.05, 0) is 64.8 Å². The molecule has 1 aliphatic heterocycles. The van der Waals surface area contributed by atoms with Crippen molar-refractivity contribution >= 4 is 23.8 Å². The highest BCUT2D eigenvalue weighted by molar-refractivity contribution is 5.87. The Morgan fingerprint density at radius 3 is 2.15 bits per heavy atom. The van der Waals surface area contributed by atoms with Crippen molar-refractivity contribution in [3.8, 4) is 0 Å². The molecule has 10 heteroatoms. The van der Waals surface area contributed by atoms with Gasteiger partial charge in [0.15, 0.2) is 5.54 Å². The number of nitrogens with one attached hydrogen (secondary N) is 3. The first-order chi connectivity index (χ1) is 18.8. The van der Waals surface area contributed by atoms with Crippen molar-refractivity contribution in [2.45, 2.75) is 77.4 Å². The third-order valence-electron chi connectivity index (χ3n) is 5.87. The highest BCUT2D eigenvalue weighted by Crippen LogP contribution is 2.40. The molecule has 1 heterocycles. The smallest absolute Gasteiger partial charge is 0.408 e. The standard InChI is InChI=1S/C30H41N3O7/c1-28(2,3)39-25(34)30(33-27(36)40-29(4,5)6)16-19-37-24(30)22-12-14-23(15-13-22)31-17-18-32-26(35)38-20-21-10-8-7-9-11-21/h7-15,24,31H,16-20H2,1-6H3,(H,32,35)(H,33,36)/t24-,30+/m1/s1. The van der Waals surface area contributed by atoms with Crippen LogP contribution in [0.15, 0.2) is 54.6 Å². The summed E-state index contributed by atoms with van der Waals surface area (Å²) >= 11 is 0. The maximum absolute atomic E-state index is 13.5. The van der Waals surface area contributed by atoms with Gasteiger partial charge in [-0.25, -0.2) is 14.4 Å². The summed E-state index contributed by atoms with van der Waals surface area (Å²) in [6.07, 6.45) is -1.75. The van der Waals surface area contributed by atoms with Crippen LogP contribution in [0.5, 0.6) is 0 Å². The van der Waals surface area contributed by atoms with E-state index in [9.17, 15) is 14.4 Å². The maximum Gasteiger partial charge on any atom is 0.408 e. The molecule has 2 amide bonds. The van der Waals surface area contributed by atoms with Crippen LogP contribution in [-0.4, -0.2) is 54.6 Å². The lowest BCUT2D eigenvalue weighted by atomic mass is 9.86. The summed E-state index contributed by atoms with van der Waals surface area (Å²) in [4.78, 5) is 38.2. The van der Waals surface area contributed by atoms with E-state index in [-0.39, 0.29) is 19.6 Å². The Morgan fingerprint density at radius 2 is 1.52 bits per heavy atom. The molecular formula is C30H41N3O7. The number of carbonyl (C=O) groups excluding carboxylic acids is 3. The molecule has 0 bridgehead atoms. The Bertz CT molecular complexity index is 1140. The minimum absolute atomic E-state index is 0.207. The quantitative estimate of drug-likeness (QED) is 0.222. The van der Waals surface area contributed by atoms with E-state index in [1.807, 2.05) is 54.6 Å². The fourth-order valence-electron chi connectivity index (χ4n) is 4.16. The lowest BCUT2D eigenvalue weighted by molar-refractivity contribution is -0.166. The zero-order valence-corrected chi connectivity index (χ0v) is 24.2. The first-order valence-electron chi connectivity index (χ1n) is 13.4. The molecule has 40 heavy (non-hydrogen) atoms. The maximum atomic E-state index is 13.5. The van der Waals surface area contributed by atoms with E-state index >= 15 is 0 Å². The summed E-state index contributed by atoms with van der Waals surface area (Å²) < 4.78 is 22.4. The average molecular weight is 556 g/mol. The third kappa shape index (κ3) is 9.15. The monoisotopic (exact) mass is 555 g/mol. The predicted molar refractivity (Wildman–Crippen MR) is 151 cm³/mol. The number of amides is 2. The van der Waals surface area contributed by atoms with Crippen molar-refractivity contribution in [3.05, 3.63) is 65.7 Å². The molecule has 2 atom stereocenters. The Morgan fingerprint density at radius 1 is 0.875 bits per heavy atom. The van der Waals surface area contributed by atoms with Crippen LogP contribution in [0.25, 0.3) is 0 Å². The molecule has 1 fully saturated rings. The van der Waals surface area contributed by atoms with Gasteiger partial charge in [-0.3, -0.25) is 0 Å². The summed E-state index contributed by atoms with van der Waals surface area (Å²) in [5.74, 6) is -0.583. The van der Waals surface area contributed by atoms with E-state index in [2.05, 4.69) is 16.0 Å². The lowest BCUT2D eigenvalue weighted by Crippen LogP contribution is -2.59. The highest BCUT2D eigenvalue weighted by Gasteiger charge is 2.55. The first kappa shape index (κ1) is 30.7. The lowest BCUT2D eigenvalue weighted by Gasteiger charge is -2.36. The number of hydrogen-bond acceptors (Lipinski definition) is 8. The van der Waals surface area contributed by atoms with Crippen molar-refractivity contribution in [1.29, 1.82) is 0 Å². The second-order valence-electron chi connectivity index (χ2n) is 11.6. The summed E-state index contributed by atoms with van der Waals surface area (Å²) in [6, 6.07) is 16.8. The van der Waals surface area contributed by atoms with Crippen LogP contribution in [0.2, 0.25) is 0 Å². The molecule has 218 valence electrons. The number of alkyl carbamates (subject to hydrolysis) is 2. The number of hydrogen-bond donors (Lipinski definition) is 3. The van der Waals surface area contributed by atoms with Crippen LogP contribution in [0.3, 0.4) is 0 Å². The van der Waals surface area contributed by atoms with E-state index in [1.54, 1.807) is 41.5 Å². The number of carbonyl (C=O) groups is 3. The van der Waals surface area contributed by atoms with E-state index in [4.69, 9.17) is 18.9 Å². The summed E-state index contributed by atoms with van der Waals surface area (Å²) in [5.41, 5.74) is -0.526. The number of anilines is 1. The largest absolute Gasteiger partial charge is 0.458 e. The molecule has 0 saturated carbocycles. The molecular weight excluding hydrogens is 514 g/mol. The Hall–Kier alpha value is -3.79. The van der Waals surface area contributed by atoms with Crippen LogP contribution in [0, 0.1) is 0 Å². The van der Waals surface area contributed by atoms with Gasteiger partial charge < -0.3 is 34.9 Å². The molecule has 2 aromatic rings. The molecule has 0 radical (unpaired) electrons. The van der Waals surface area contributed by atoms with Crippen molar-refractivity contribution in [3.63, 3.8) is 0 Å². The van der Waals surface area contributed by atoms with E-state index in [0.29, 0.717) is 18.7 Å².